The lowest BCUT2D eigenvalue weighted by Gasteiger charge is -2.32. The van der Waals surface area contributed by atoms with Crippen LogP contribution in [0.15, 0.2) is 78.9 Å². The number of hydrogen-bond donors (Lipinski definition) is 1. The van der Waals surface area contributed by atoms with Crippen LogP contribution in [0.3, 0.4) is 0 Å². The van der Waals surface area contributed by atoms with Gasteiger partial charge in [-0.15, -0.1) is 5.10 Å². The zero-order chi connectivity index (χ0) is 26.3. The molecule has 1 saturated heterocycles. The Morgan fingerprint density at radius 2 is 1.82 bits per heavy atom. The molecule has 0 aliphatic carbocycles. The number of nitrogens with one attached hydrogen (secondary N) is 1. The molecule has 8 heteroatoms. The fourth-order valence-corrected chi connectivity index (χ4v) is 5.01. The van der Waals surface area contributed by atoms with E-state index in [-0.39, 0.29) is 24.5 Å². The van der Waals surface area contributed by atoms with Crippen LogP contribution in [0.1, 0.15) is 35.6 Å². The minimum absolute atomic E-state index is 0.00598. The van der Waals surface area contributed by atoms with Gasteiger partial charge in [0.05, 0.1) is 11.6 Å². The molecule has 1 aromatic heterocycles. The molecule has 1 fully saturated rings. The number of hydrogen-bond acceptors (Lipinski definition) is 5. The highest BCUT2D eigenvalue weighted by Gasteiger charge is 2.33. The van der Waals surface area contributed by atoms with Gasteiger partial charge in [-0.2, -0.15) is 0 Å². The van der Waals surface area contributed by atoms with Gasteiger partial charge in [-0.1, -0.05) is 71.9 Å². The maximum Gasteiger partial charge on any atom is 0.247 e. The predicted molar refractivity (Wildman–Crippen MR) is 145 cm³/mol. The monoisotopic (exact) mass is 511 g/mol. The number of rotatable bonds is 10. The van der Waals surface area contributed by atoms with Crippen molar-refractivity contribution < 1.29 is 14.3 Å². The van der Waals surface area contributed by atoms with E-state index in [2.05, 4.69) is 15.6 Å². The number of amides is 2. The van der Waals surface area contributed by atoms with Crippen LogP contribution in [0.5, 0.6) is 0 Å². The third-order valence-electron chi connectivity index (χ3n) is 7.08. The van der Waals surface area contributed by atoms with Gasteiger partial charge >= 0.3 is 0 Å². The number of aryl methyl sites for hydroxylation is 1. The molecule has 0 unspecified atom stereocenters. The highest BCUT2D eigenvalue weighted by Crippen LogP contribution is 2.26. The van der Waals surface area contributed by atoms with Gasteiger partial charge in [-0.25, -0.2) is 4.68 Å². The number of aromatic nitrogens is 3. The Hall–Kier alpha value is -4.04. The summed E-state index contributed by atoms with van der Waals surface area (Å²) >= 11 is 0. The van der Waals surface area contributed by atoms with Crippen molar-refractivity contribution in [2.45, 2.75) is 44.9 Å². The van der Waals surface area contributed by atoms with E-state index in [0.717, 1.165) is 47.2 Å². The van der Waals surface area contributed by atoms with Gasteiger partial charge in [0, 0.05) is 19.7 Å². The van der Waals surface area contributed by atoms with E-state index in [0.29, 0.717) is 19.5 Å². The topological polar surface area (TPSA) is 89.4 Å². The van der Waals surface area contributed by atoms with Gasteiger partial charge in [0.25, 0.3) is 0 Å². The molecule has 3 aromatic carbocycles. The first-order valence-electron chi connectivity index (χ1n) is 13.2. The molecule has 0 saturated carbocycles. The van der Waals surface area contributed by atoms with Crippen molar-refractivity contribution in [2.24, 2.45) is 0 Å². The third-order valence-corrected chi connectivity index (χ3v) is 7.08. The molecule has 2 atom stereocenters. The Morgan fingerprint density at radius 1 is 1.05 bits per heavy atom. The summed E-state index contributed by atoms with van der Waals surface area (Å²) in [5.74, 6) is -0.406. The van der Waals surface area contributed by atoms with Gasteiger partial charge in [0.15, 0.2) is 0 Å². The maximum atomic E-state index is 14.0. The molecule has 2 heterocycles. The van der Waals surface area contributed by atoms with Crippen molar-refractivity contribution in [3.8, 4) is 0 Å². The molecule has 8 nitrogen and oxygen atoms in total. The first kappa shape index (κ1) is 25.6. The van der Waals surface area contributed by atoms with Gasteiger partial charge < -0.3 is 15.0 Å². The van der Waals surface area contributed by atoms with E-state index in [9.17, 15) is 9.59 Å². The molecule has 38 heavy (non-hydrogen) atoms. The minimum atomic E-state index is -0.788. The zero-order valence-electron chi connectivity index (χ0n) is 21.6. The zero-order valence-corrected chi connectivity index (χ0v) is 21.6. The smallest absolute Gasteiger partial charge is 0.247 e. The summed E-state index contributed by atoms with van der Waals surface area (Å²) in [5.41, 5.74) is 4.36. The first-order valence-corrected chi connectivity index (χ1v) is 13.2. The van der Waals surface area contributed by atoms with E-state index in [4.69, 9.17) is 4.74 Å². The number of ether oxygens (including phenoxy) is 1. The fraction of sp³-hybridized carbons (Fsp3) is 0.333. The molecule has 0 spiro atoms. The molecule has 5 rings (SSSR count). The van der Waals surface area contributed by atoms with Crippen molar-refractivity contribution >= 4 is 22.8 Å². The van der Waals surface area contributed by atoms with Crippen molar-refractivity contribution in [3.63, 3.8) is 0 Å². The lowest BCUT2D eigenvalue weighted by molar-refractivity contribution is -0.141. The summed E-state index contributed by atoms with van der Waals surface area (Å²) in [6, 6.07) is 24.5. The quantitative estimate of drug-likeness (QED) is 0.349. The summed E-state index contributed by atoms with van der Waals surface area (Å²) in [7, 11) is 0. The normalized spacial score (nSPS) is 15.9. The molecule has 1 aliphatic rings. The second-order valence-electron chi connectivity index (χ2n) is 9.70. The van der Waals surface area contributed by atoms with Gasteiger partial charge in [0.2, 0.25) is 11.8 Å². The van der Waals surface area contributed by atoms with Crippen molar-refractivity contribution in [3.05, 3.63) is 95.6 Å². The molecule has 4 aromatic rings. The molecule has 196 valence electrons. The lowest BCUT2D eigenvalue weighted by Crippen LogP contribution is -2.47. The minimum Gasteiger partial charge on any atom is -0.376 e. The van der Waals surface area contributed by atoms with E-state index in [1.54, 1.807) is 9.58 Å². The Kier molecular flexibility index (Phi) is 8.09. The highest BCUT2D eigenvalue weighted by atomic mass is 16.5. The van der Waals surface area contributed by atoms with Crippen molar-refractivity contribution in [1.29, 1.82) is 0 Å². The van der Waals surface area contributed by atoms with Crippen LogP contribution in [0.25, 0.3) is 11.0 Å². The first-order chi connectivity index (χ1) is 18.6. The van der Waals surface area contributed by atoms with Crippen LogP contribution in [0.2, 0.25) is 0 Å². The predicted octanol–water partition coefficient (Wildman–Crippen LogP) is 3.85. The van der Waals surface area contributed by atoms with Gasteiger partial charge in [-0.3, -0.25) is 9.59 Å². The molecule has 2 amide bonds. The van der Waals surface area contributed by atoms with Crippen molar-refractivity contribution in [2.75, 3.05) is 19.7 Å². The van der Waals surface area contributed by atoms with Gasteiger partial charge in [0.1, 0.15) is 18.1 Å². The molecular formula is C30H33N5O3. The molecule has 0 radical (unpaired) electrons. The Labute approximate surface area is 222 Å². The standard InChI is InChI=1S/C30H33N5O3/c1-22-10-5-6-14-25(22)29(30(37)31-20-24-13-9-19-38-24)34(18-17-23-11-3-2-4-12-23)28(36)21-35-27-16-8-7-15-26(27)32-33-35/h2-8,10-12,14-16,24,29H,9,13,17-21H2,1H3,(H,31,37)/t24-,29-/m0/s1. The third kappa shape index (κ3) is 5.92. The highest BCUT2D eigenvalue weighted by molar-refractivity contribution is 5.89. The average molecular weight is 512 g/mol. The summed E-state index contributed by atoms with van der Waals surface area (Å²) in [4.78, 5) is 29.5. The molecule has 0 bridgehead atoms. The van der Waals surface area contributed by atoms with E-state index in [1.165, 1.54) is 0 Å². The summed E-state index contributed by atoms with van der Waals surface area (Å²) in [5, 5.41) is 11.5. The van der Waals surface area contributed by atoms with Crippen LogP contribution < -0.4 is 5.32 Å². The fourth-order valence-electron chi connectivity index (χ4n) is 5.01. The van der Waals surface area contributed by atoms with Crippen LogP contribution in [0.4, 0.5) is 0 Å². The lowest BCUT2D eigenvalue weighted by atomic mass is 9.98. The Balaban J connectivity index is 1.47. The van der Waals surface area contributed by atoms with Gasteiger partial charge in [-0.05, 0) is 55.0 Å². The summed E-state index contributed by atoms with van der Waals surface area (Å²) in [6.45, 7) is 3.48. The van der Waals surface area contributed by atoms with Crippen LogP contribution in [-0.4, -0.2) is 57.5 Å². The molecule has 1 N–H and O–H groups in total. The Morgan fingerprint density at radius 3 is 2.61 bits per heavy atom. The van der Waals surface area contributed by atoms with E-state index < -0.39 is 6.04 Å². The second-order valence-corrected chi connectivity index (χ2v) is 9.70. The number of para-hydroxylation sites is 1. The van der Waals surface area contributed by atoms with Crippen LogP contribution in [0, 0.1) is 6.92 Å². The van der Waals surface area contributed by atoms with Crippen LogP contribution in [-0.2, 0) is 27.3 Å². The molecular weight excluding hydrogens is 478 g/mol. The summed E-state index contributed by atoms with van der Waals surface area (Å²) < 4.78 is 7.33. The van der Waals surface area contributed by atoms with E-state index in [1.807, 2.05) is 85.8 Å². The largest absolute Gasteiger partial charge is 0.376 e. The van der Waals surface area contributed by atoms with Crippen molar-refractivity contribution in [1.82, 2.24) is 25.2 Å². The number of benzene rings is 3. The number of carbonyl (C=O) groups excluding carboxylic acids is 2. The number of nitrogens with zero attached hydrogens (tertiary/aromatic N) is 4. The average Bonchev–Trinajstić information content (AvgIpc) is 3.61. The molecule has 1 aliphatic heterocycles. The summed E-state index contributed by atoms with van der Waals surface area (Å²) in [6.07, 6.45) is 2.54. The maximum absolute atomic E-state index is 14.0. The SMILES string of the molecule is Cc1ccccc1[C@@H](C(=O)NC[C@@H]1CCCO1)N(CCc1ccccc1)C(=O)Cn1nnc2ccccc21. The van der Waals surface area contributed by atoms with Crippen LogP contribution >= 0.6 is 0 Å². The Bertz CT molecular complexity index is 1380. The second kappa shape index (κ2) is 12.0. The number of fused-ring (bicyclic) bond motifs is 1. The number of carbonyl (C=O) groups is 2. The van der Waals surface area contributed by atoms with E-state index >= 15 is 0 Å².